The van der Waals surface area contributed by atoms with Crippen LogP contribution in [0.2, 0.25) is 10.1 Å². The number of carboxylic acid groups (broad SMARTS) is 8. The fourth-order valence-corrected chi connectivity index (χ4v) is 16.0. The van der Waals surface area contributed by atoms with Gasteiger partial charge in [-0.15, -0.1) is 0 Å². The summed E-state index contributed by atoms with van der Waals surface area (Å²) >= 11 is 0. The lowest BCUT2D eigenvalue weighted by Crippen LogP contribution is -2.58. The molecule has 1 aromatic carbocycles. The lowest BCUT2D eigenvalue weighted by molar-refractivity contribution is -0.145. The second-order valence-electron chi connectivity index (χ2n) is 26.3. The molecule has 2 rings (SSSR count). The van der Waals surface area contributed by atoms with Crippen molar-refractivity contribution in [2.75, 3.05) is 91.6 Å². The van der Waals surface area contributed by atoms with E-state index in [4.69, 9.17) is 5.11 Å². The molecule has 15 N–H and O–H groups in total. The molecule has 0 unspecified atom stereocenters. The Labute approximate surface area is 569 Å². The standard InChI is InChI=1S/C63H102FN11O22Si/c1-62(2,3)98(64,63(4,5)6)42-21-19-41(20-22-42)55(87)67-37-46(68-50(78)25-24-47(60(95)96)75-35-33-73(39-53(83)84)31-29-72(38-52(81)82)30-32-74(34-36-75)40-54(85)86)56(88)69-43(57(89)90)15-11-13-27-65-48(76)17-9-7-8-10-18-49(77)66-28-14-12-16-44(58(91)92)70-61(97)71-45(59(93)94)23-26-51(79)80/h19-22,43-47H,7-18,23-40H2,1-6H3,(H,65,76)(H,66,77)(H,67,87)(H,68,78)(H,69,88)(H,79,80)(H,81,82)(H,83,84)(H,85,86)(H,89,90)(H,91,92)(H,93,94)(H,95,96)(H2,70,71,97)/t43-,44+,45+,46+,47-/m1/s1. The number of rotatable bonds is 43. The summed E-state index contributed by atoms with van der Waals surface area (Å²) in [5, 5.41) is 93.3. The van der Waals surface area contributed by atoms with Crippen molar-refractivity contribution in [2.24, 2.45) is 0 Å². The number of carboxylic acids is 8. The molecule has 1 heterocycles. The lowest BCUT2D eigenvalue weighted by atomic mass is 10.1. The molecule has 33 nitrogen and oxygen atoms in total. The number of hydrogen-bond acceptors (Lipinski definition) is 18. The van der Waals surface area contributed by atoms with Crippen molar-refractivity contribution in [1.29, 1.82) is 0 Å². The molecule has 0 bridgehead atoms. The summed E-state index contributed by atoms with van der Waals surface area (Å²) in [5.41, 5.74) is 0.0719. The number of unbranched alkanes of at least 4 members (excludes halogenated alkanes) is 5. The molecule has 1 aliphatic rings. The first-order chi connectivity index (χ1) is 45.8. The van der Waals surface area contributed by atoms with Crippen LogP contribution in [0.25, 0.3) is 0 Å². The third kappa shape index (κ3) is 32.8. The first-order valence-electron chi connectivity index (χ1n) is 32.8. The fraction of sp³-hybridized carbons (Fsp3) is 0.683. The number of benzene rings is 1. The molecule has 35 heteroatoms. The van der Waals surface area contributed by atoms with Crippen LogP contribution in [0.3, 0.4) is 0 Å². The van der Waals surface area contributed by atoms with Crippen molar-refractivity contribution < 1.29 is 112 Å². The summed E-state index contributed by atoms with van der Waals surface area (Å²) in [6.07, 6.45) is 1.63. The number of nitrogens with one attached hydrogen (secondary N) is 7. The van der Waals surface area contributed by atoms with Gasteiger partial charge in [0.25, 0.3) is 14.3 Å². The summed E-state index contributed by atoms with van der Waals surface area (Å²) in [6, 6.07) is -2.70. The van der Waals surface area contributed by atoms with Gasteiger partial charge in [0.2, 0.25) is 23.6 Å². The van der Waals surface area contributed by atoms with Gasteiger partial charge in [0.1, 0.15) is 30.2 Å². The highest BCUT2D eigenvalue weighted by Crippen LogP contribution is 2.51. The van der Waals surface area contributed by atoms with Crippen molar-refractivity contribution in [1.82, 2.24) is 56.8 Å². The Morgan fingerprint density at radius 3 is 1.22 bits per heavy atom. The van der Waals surface area contributed by atoms with Crippen LogP contribution in [0.5, 0.6) is 0 Å². The predicted octanol–water partition coefficient (Wildman–Crippen LogP) is 0.886. The highest BCUT2D eigenvalue weighted by Gasteiger charge is 2.56. The third-order valence-corrected chi connectivity index (χ3v) is 21.8. The van der Waals surface area contributed by atoms with Gasteiger partial charge in [-0.25, -0.2) is 19.2 Å². The van der Waals surface area contributed by atoms with E-state index in [-0.39, 0.29) is 128 Å². The molecule has 1 aromatic rings. The van der Waals surface area contributed by atoms with Gasteiger partial charge in [-0.2, -0.15) is 0 Å². The first-order valence-corrected chi connectivity index (χ1v) is 34.7. The van der Waals surface area contributed by atoms with Crippen LogP contribution in [0, 0.1) is 0 Å². The molecule has 98 heavy (non-hydrogen) atoms. The molecule has 0 spiro atoms. The van der Waals surface area contributed by atoms with Crippen LogP contribution in [-0.4, -0.2) is 274 Å². The number of hydrogen-bond donors (Lipinski definition) is 15. The van der Waals surface area contributed by atoms with Crippen LogP contribution >= 0.6 is 0 Å². The number of halogens is 1. The van der Waals surface area contributed by atoms with Gasteiger partial charge >= 0.3 is 53.8 Å². The molecule has 1 aliphatic heterocycles. The summed E-state index contributed by atoms with van der Waals surface area (Å²) in [6.45, 7) is 9.34. The summed E-state index contributed by atoms with van der Waals surface area (Å²) in [7, 11) is -3.74. The summed E-state index contributed by atoms with van der Waals surface area (Å²) in [5.74, 6) is -13.7. The number of carbonyl (C=O) groups excluding carboxylic acids is 6. The predicted molar refractivity (Wildman–Crippen MR) is 353 cm³/mol. The zero-order valence-corrected chi connectivity index (χ0v) is 57.9. The molecule has 0 aliphatic carbocycles. The molecule has 1 fully saturated rings. The van der Waals surface area contributed by atoms with Crippen LogP contribution in [0.15, 0.2) is 24.3 Å². The Kier molecular flexibility index (Phi) is 37.7. The van der Waals surface area contributed by atoms with Crippen LogP contribution in [0.4, 0.5) is 8.90 Å². The van der Waals surface area contributed by atoms with Crippen molar-refractivity contribution in [3.8, 4) is 0 Å². The average molecular weight is 1410 g/mol. The van der Waals surface area contributed by atoms with Gasteiger partial charge in [0.05, 0.1) is 19.6 Å². The van der Waals surface area contributed by atoms with Crippen molar-refractivity contribution in [2.45, 2.75) is 185 Å². The van der Waals surface area contributed by atoms with Gasteiger partial charge in [-0.1, -0.05) is 66.5 Å². The van der Waals surface area contributed by atoms with E-state index < -0.39 is 172 Å². The number of aliphatic carboxylic acids is 8. The van der Waals surface area contributed by atoms with Gasteiger partial charge in [0, 0.05) is 103 Å². The molecular weight excluding hydrogens is 1310 g/mol. The minimum absolute atomic E-state index is 0.0299. The smallest absolute Gasteiger partial charge is 0.326 e. The Morgan fingerprint density at radius 1 is 0.429 bits per heavy atom. The molecular formula is C63H102FN11O22Si. The molecule has 7 amide bonds. The van der Waals surface area contributed by atoms with Gasteiger partial charge in [-0.05, 0) is 91.6 Å². The van der Waals surface area contributed by atoms with Gasteiger partial charge < -0.3 is 82.2 Å². The minimum atomic E-state index is -3.74. The van der Waals surface area contributed by atoms with Crippen molar-refractivity contribution in [3.63, 3.8) is 0 Å². The number of carbonyl (C=O) groups is 14. The number of nitrogens with zero attached hydrogens (tertiary/aromatic N) is 4. The highest BCUT2D eigenvalue weighted by molar-refractivity contribution is 6.90. The minimum Gasteiger partial charge on any atom is -0.481 e. The van der Waals surface area contributed by atoms with Gasteiger partial charge in [-0.3, -0.25) is 67.5 Å². The normalized spacial score (nSPS) is 15.6. The Balaban J connectivity index is 2.09. The lowest BCUT2D eigenvalue weighted by Gasteiger charge is -2.44. The Bertz CT molecular complexity index is 2820. The molecule has 5 atom stereocenters. The molecule has 0 radical (unpaired) electrons. The SMILES string of the molecule is CC(C)(C)[Si](F)(c1ccc(C(=O)NC[C@H](NC(=O)CC[C@H](C(=O)O)N2CCN(CC(=O)O)CCN(CC(=O)O)CCN(CC(=O)O)CC2)C(=O)N[C@H](CCCCNC(=O)CCCCCCC(=O)NCCCC[C@H](NC(=O)N[C@@H](CCC(=O)O)C(=O)O)C(=O)O)C(=O)O)cc1)C(C)(C)C. The molecule has 0 aromatic heterocycles. The quantitative estimate of drug-likeness (QED) is 0.0245. The summed E-state index contributed by atoms with van der Waals surface area (Å²) in [4.78, 5) is 180. The third-order valence-electron chi connectivity index (χ3n) is 16.6. The van der Waals surface area contributed by atoms with E-state index in [0.717, 1.165) is 0 Å². The maximum Gasteiger partial charge on any atom is 0.326 e. The molecule has 0 saturated carbocycles. The first kappa shape index (κ1) is 85.7. The zero-order chi connectivity index (χ0) is 73.9. The number of urea groups is 1. The van der Waals surface area contributed by atoms with E-state index in [1.54, 1.807) is 0 Å². The van der Waals surface area contributed by atoms with E-state index in [0.29, 0.717) is 37.3 Å². The van der Waals surface area contributed by atoms with E-state index in [9.17, 15) is 103 Å². The monoisotopic (exact) mass is 1410 g/mol. The maximum atomic E-state index is 17.1. The van der Waals surface area contributed by atoms with E-state index >= 15 is 4.11 Å². The van der Waals surface area contributed by atoms with Crippen molar-refractivity contribution in [3.05, 3.63) is 29.8 Å². The fourth-order valence-electron chi connectivity index (χ4n) is 11.4. The van der Waals surface area contributed by atoms with Gasteiger partial charge in [0.15, 0.2) is 0 Å². The topological polar surface area (TPSA) is 498 Å². The highest BCUT2D eigenvalue weighted by atomic mass is 28.4. The Hall–Kier alpha value is -8.41. The van der Waals surface area contributed by atoms with E-state index in [2.05, 4.69) is 31.9 Å². The molecule has 552 valence electrons. The zero-order valence-electron chi connectivity index (χ0n) is 56.9. The Morgan fingerprint density at radius 2 is 0.837 bits per heavy atom. The largest absolute Gasteiger partial charge is 0.481 e. The summed E-state index contributed by atoms with van der Waals surface area (Å²) < 4.78 is 17.1. The van der Waals surface area contributed by atoms with Crippen LogP contribution < -0.4 is 42.4 Å². The van der Waals surface area contributed by atoms with Crippen LogP contribution in [-0.2, 0) is 57.5 Å². The second kappa shape index (κ2) is 43.1. The number of amides is 7. The maximum absolute atomic E-state index is 17.1. The van der Waals surface area contributed by atoms with E-state index in [1.807, 2.05) is 46.9 Å². The van der Waals surface area contributed by atoms with Crippen molar-refractivity contribution >= 4 is 96.9 Å². The van der Waals surface area contributed by atoms with E-state index in [1.165, 1.54) is 43.9 Å². The van der Waals surface area contributed by atoms with Crippen LogP contribution in [0.1, 0.15) is 155 Å². The average Bonchev–Trinajstić information content (AvgIpc) is 0.749. The second-order valence-corrected chi connectivity index (χ2v) is 31.2. The molecule has 1 saturated heterocycles.